The number of aryl methyl sites for hydroxylation is 1. The van der Waals surface area contributed by atoms with Gasteiger partial charge in [-0.25, -0.2) is 4.39 Å². The minimum absolute atomic E-state index is 0.0206. The molecule has 3 nitrogen and oxygen atoms in total. The standard InChI is InChI=1S/C18H27FO3/c1-14-8-9-15(12-16(14)19)21-11-7-5-4-6-10-20-13-17-18(2,3)22-17/h8-9,12,17H,4-7,10-11,13H2,1-3H3. The Labute approximate surface area is 132 Å². The molecule has 0 aliphatic carbocycles. The molecule has 22 heavy (non-hydrogen) atoms. The molecule has 1 aliphatic rings. The van der Waals surface area contributed by atoms with Crippen LogP contribution in [0.1, 0.15) is 45.1 Å². The molecule has 0 amide bonds. The predicted molar refractivity (Wildman–Crippen MR) is 84.9 cm³/mol. The quantitative estimate of drug-likeness (QED) is 0.478. The molecule has 1 heterocycles. The van der Waals surface area contributed by atoms with Gasteiger partial charge >= 0.3 is 0 Å². The van der Waals surface area contributed by atoms with Crippen LogP contribution in [0.4, 0.5) is 4.39 Å². The Morgan fingerprint density at radius 1 is 1.14 bits per heavy atom. The number of epoxide rings is 1. The van der Waals surface area contributed by atoms with E-state index in [1.54, 1.807) is 13.0 Å². The van der Waals surface area contributed by atoms with Gasteiger partial charge < -0.3 is 14.2 Å². The lowest BCUT2D eigenvalue weighted by Crippen LogP contribution is -2.10. The van der Waals surface area contributed by atoms with Gasteiger partial charge in [0, 0.05) is 12.7 Å². The molecule has 1 aliphatic heterocycles. The first-order chi connectivity index (χ1) is 10.5. The highest BCUT2D eigenvalue weighted by atomic mass is 19.1. The molecule has 1 aromatic carbocycles. The molecule has 1 saturated heterocycles. The molecule has 1 fully saturated rings. The number of hydrogen-bond acceptors (Lipinski definition) is 3. The van der Waals surface area contributed by atoms with Crippen LogP contribution in [0.25, 0.3) is 0 Å². The second kappa shape index (κ2) is 7.93. The largest absolute Gasteiger partial charge is 0.493 e. The highest BCUT2D eigenvalue weighted by molar-refractivity contribution is 5.27. The number of benzene rings is 1. The van der Waals surface area contributed by atoms with E-state index in [1.807, 2.05) is 6.07 Å². The summed E-state index contributed by atoms with van der Waals surface area (Å²) in [6.07, 6.45) is 4.54. The van der Waals surface area contributed by atoms with E-state index in [-0.39, 0.29) is 17.5 Å². The maximum Gasteiger partial charge on any atom is 0.129 e. The topological polar surface area (TPSA) is 31.0 Å². The van der Waals surface area contributed by atoms with Gasteiger partial charge in [-0.15, -0.1) is 0 Å². The Balaban J connectivity index is 1.42. The monoisotopic (exact) mass is 310 g/mol. The van der Waals surface area contributed by atoms with Gasteiger partial charge in [-0.2, -0.15) is 0 Å². The van der Waals surface area contributed by atoms with Crippen LogP contribution in [0, 0.1) is 12.7 Å². The van der Waals surface area contributed by atoms with Gasteiger partial charge in [0.1, 0.15) is 17.7 Å². The first-order valence-electron chi connectivity index (χ1n) is 8.13. The smallest absolute Gasteiger partial charge is 0.129 e. The third kappa shape index (κ3) is 5.58. The summed E-state index contributed by atoms with van der Waals surface area (Å²) < 4.78 is 29.9. The van der Waals surface area contributed by atoms with Gasteiger partial charge in [-0.3, -0.25) is 0 Å². The zero-order chi connectivity index (χ0) is 16.0. The van der Waals surface area contributed by atoms with E-state index in [2.05, 4.69) is 13.8 Å². The van der Waals surface area contributed by atoms with Crippen LogP contribution in [0.5, 0.6) is 5.75 Å². The van der Waals surface area contributed by atoms with Crippen LogP contribution in [-0.2, 0) is 9.47 Å². The van der Waals surface area contributed by atoms with Crippen LogP contribution in [0.15, 0.2) is 18.2 Å². The average Bonchev–Trinajstić information content (AvgIpc) is 3.08. The van der Waals surface area contributed by atoms with E-state index in [4.69, 9.17) is 14.2 Å². The fourth-order valence-corrected chi connectivity index (χ4v) is 2.27. The summed E-state index contributed by atoms with van der Waals surface area (Å²) >= 11 is 0. The maximum atomic E-state index is 13.3. The molecule has 0 bridgehead atoms. The van der Waals surface area contributed by atoms with Crippen molar-refractivity contribution in [2.24, 2.45) is 0 Å². The van der Waals surface area contributed by atoms with Crippen molar-refractivity contribution >= 4 is 0 Å². The summed E-state index contributed by atoms with van der Waals surface area (Å²) in [5.74, 6) is 0.399. The predicted octanol–water partition coefficient (Wildman–Crippen LogP) is 4.27. The highest BCUT2D eigenvalue weighted by Crippen LogP contribution is 2.35. The molecule has 0 spiro atoms. The lowest BCUT2D eigenvalue weighted by Gasteiger charge is -2.07. The van der Waals surface area contributed by atoms with E-state index in [9.17, 15) is 4.39 Å². The van der Waals surface area contributed by atoms with Gasteiger partial charge in [0.2, 0.25) is 0 Å². The van der Waals surface area contributed by atoms with E-state index < -0.39 is 0 Å². The van der Waals surface area contributed by atoms with Crippen molar-refractivity contribution in [3.05, 3.63) is 29.6 Å². The molecule has 124 valence electrons. The first-order valence-corrected chi connectivity index (χ1v) is 8.13. The summed E-state index contributed by atoms with van der Waals surface area (Å²) in [5, 5.41) is 0. The minimum atomic E-state index is -0.211. The van der Waals surface area contributed by atoms with Gasteiger partial charge in [0.15, 0.2) is 0 Å². The summed E-state index contributed by atoms with van der Waals surface area (Å²) in [7, 11) is 0. The Morgan fingerprint density at radius 2 is 1.82 bits per heavy atom. The van der Waals surface area contributed by atoms with Gasteiger partial charge in [0.25, 0.3) is 0 Å². The summed E-state index contributed by atoms with van der Waals surface area (Å²) in [5.41, 5.74) is 0.666. The van der Waals surface area contributed by atoms with E-state index >= 15 is 0 Å². The fourth-order valence-electron chi connectivity index (χ4n) is 2.27. The van der Waals surface area contributed by atoms with Crippen LogP contribution in [0.2, 0.25) is 0 Å². The average molecular weight is 310 g/mol. The molecule has 1 atom stereocenters. The van der Waals surface area contributed by atoms with Crippen molar-refractivity contribution in [3.63, 3.8) is 0 Å². The number of hydrogen-bond donors (Lipinski definition) is 0. The molecule has 0 N–H and O–H groups in total. The summed E-state index contributed by atoms with van der Waals surface area (Å²) in [6.45, 7) is 8.04. The van der Waals surface area contributed by atoms with Gasteiger partial charge in [-0.05, 0) is 51.7 Å². The lowest BCUT2D eigenvalue weighted by molar-refractivity contribution is 0.112. The summed E-state index contributed by atoms with van der Waals surface area (Å²) in [4.78, 5) is 0. The first kappa shape index (κ1) is 17.2. The maximum absolute atomic E-state index is 13.3. The van der Waals surface area contributed by atoms with Crippen LogP contribution >= 0.6 is 0 Å². The Hall–Kier alpha value is -1.13. The van der Waals surface area contributed by atoms with Crippen molar-refractivity contribution in [1.29, 1.82) is 0 Å². The summed E-state index contributed by atoms with van der Waals surface area (Å²) in [6, 6.07) is 5.01. The number of unbranched alkanes of at least 4 members (excludes halogenated alkanes) is 3. The van der Waals surface area contributed by atoms with Gasteiger partial charge in [0.05, 0.1) is 18.8 Å². The molecular weight excluding hydrogens is 283 g/mol. The number of halogens is 1. The molecule has 4 heteroatoms. The molecule has 2 rings (SSSR count). The Bertz CT molecular complexity index is 473. The van der Waals surface area contributed by atoms with Crippen LogP contribution < -0.4 is 4.74 Å². The normalized spacial score (nSPS) is 19.2. The third-order valence-electron chi connectivity index (χ3n) is 4.03. The van der Waals surface area contributed by atoms with E-state index in [0.717, 1.165) is 32.3 Å². The van der Waals surface area contributed by atoms with Gasteiger partial charge in [-0.1, -0.05) is 12.5 Å². The van der Waals surface area contributed by atoms with Crippen molar-refractivity contribution in [2.75, 3.05) is 19.8 Å². The number of rotatable bonds is 10. The van der Waals surface area contributed by atoms with Crippen molar-refractivity contribution in [1.82, 2.24) is 0 Å². The molecular formula is C18H27FO3. The second-order valence-electron chi connectivity index (χ2n) is 6.46. The fraction of sp³-hybridized carbons (Fsp3) is 0.667. The molecule has 0 radical (unpaired) electrons. The lowest BCUT2D eigenvalue weighted by atomic mass is 10.1. The zero-order valence-electron chi connectivity index (χ0n) is 13.9. The molecule has 1 unspecified atom stereocenters. The number of ether oxygens (including phenoxy) is 3. The Morgan fingerprint density at radius 3 is 2.45 bits per heavy atom. The van der Waals surface area contributed by atoms with Crippen molar-refractivity contribution in [2.45, 2.75) is 58.2 Å². The zero-order valence-corrected chi connectivity index (χ0v) is 13.9. The van der Waals surface area contributed by atoms with Crippen LogP contribution in [-0.4, -0.2) is 31.5 Å². The molecule has 1 aromatic rings. The van der Waals surface area contributed by atoms with Crippen molar-refractivity contribution in [3.8, 4) is 5.75 Å². The third-order valence-corrected chi connectivity index (χ3v) is 4.03. The highest BCUT2D eigenvalue weighted by Gasteiger charge is 2.47. The molecule has 0 aromatic heterocycles. The molecule has 0 saturated carbocycles. The minimum Gasteiger partial charge on any atom is -0.493 e. The van der Waals surface area contributed by atoms with E-state index in [0.29, 0.717) is 24.5 Å². The van der Waals surface area contributed by atoms with Crippen molar-refractivity contribution < 1.29 is 18.6 Å². The Kier molecular flexibility index (Phi) is 6.21. The SMILES string of the molecule is Cc1ccc(OCCCCCCOCC2OC2(C)C)cc1F. The second-order valence-corrected chi connectivity index (χ2v) is 6.46. The van der Waals surface area contributed by atoms with Crippen LogP contribution in [0.3, 0.4) is 0 Å². The van der Waals surface area contributed by atoms with E-state index in [1.165, 1.54) is 6.07 Å².